The molecular weight excluding hydrogens is 597 g/mol. The Hall–Kier alpha value is -4.43. The largest absolute Gasteiger partial charge is 0.493 e. The van der Waals surface area contributed by atoms with Crippen LogP contribution in [0.1, 0.15) is 16.7 Å². The number of hydrogen-bond acceptors (Lipinski definition) is 6. The van der Waals surface area contributed by atoms with E-state index in [-0.39, 0.29) is 16.9 Å². The van der Waals surface area contributed by atoms with E-state index >= 15 is 0 Å². The number of ether oxygens (including phenoxy) is 2. The number of fused-ring (bicyclic) bond motifs is 1. The highest BCUT2D eigenvalue weighted by molar-refractivity contribution is 14.1. The Kier molecular flexibility index (Phi) is 8.23. The highest BCUT2D eigenvalue weighted by Crippen LogP contribution is 2.36. The van der Waals surface area contributed by atoms with Crippen LogP contribution < -0.4 is 14.8 Å². The van der Waals surface area contributed by atoms with Gasteiger partial charge in [-0.15, -0.1) is 0 Å². The van der Waals surface area contributed by atoms with Crippen LogP contribution in [0.4, 0.5) is 11.4 Å². The van der Waals surface area contributed by atoms with Crippen molar-refractivity contribution in [2.45, 2.75) is 13.5 Å². The number of aryl methyl sites for hydroxylation is 1. The number of anilines is 1. The lowest BCUT2D eigenvalue weighted by Gasteiger charge is -2.15. The number of rotatable bonds is 8. The first-order chi connectivity index (χ1) is 18.3. The number of hydrogen-bond donors (Lipinski definition) is 1. The maximum Gasteiger partial charge on any atom is 0.271 e. The number of carbonyl (C=O) groups excluding carboxylic acids is 1. The highest BCUT2D eigenvalue weighted by atomic mass is 127. The number of carbonyl (C=O) groups is 1. The molecule has 0 saturated heterocycles. The number of nitriles is 1. The Labute approximate surface area is 232 Å². The molecule has 0 heterocycles. The molecule has 8 nitrogen and oxygen atoms in total. The second-order valence-electron chi connectivity index (χ2n) is 8.34. The van der Waals surface area contributed by atoms with Crippen LogP contribution in [-0.4, -0.2) is 17.9 Å². The van der Waals surface area contributed by atoms with Crippen LogP contribution in [0, 0.1) is 31.9 Å². The van der Waals surface area contributed by atoms with Gasteiger partial charge in [0.2, 0.25) is 0 Å². The van der Waals surface area contributed by atoms with E-state index in [2.05, 4.69) is 27.9 Å². The molecule has 0 aromatic heterocycles. The van der Waals surface area contributed by atoms with Gasteiger partial charge < -0.3 is 14.8 Å². The minimum Gasteiger partial charge on any atom is -0.493 e. The summed E-state index contributed by atoms with van der Waals surface area (Å²) in [6.45, 7) is 2.04. The fourth-order valence-electron chi connectivity index (χ4n) is 3.89. The monoisotopic (exact) mass is 619 g/mol. The average molecular weight is 619 g/mol. The summed E-state index contributed by atoms with van der Waals surface area (Å²) in [6.07, 6.45) is 1.43. The Bertz CT molecular complexity index is 1620. The molecule has 1 N–H and O–H groups in total. The van der Waals surface area contributed by atoms with Gasteiger partial charge in [0.1, 0.15) is 18.2 Å². The highest BCUT2D eigenvalue weighted by Gasteiger charge is 2.16. The van der Waals surface area contributed by atoms with Crippen LogP contribution in [0.15, 0.2) is 78.4 Å². The van der Waals surface area contributed by atoms with E-state index in [9.17, 15) is 20.2 Å². The molecule has 4 rings (SSSR count). The standard InChI is InChI=1S/C29H22IN3O5/c1-18-10-11-23(33(35)36)15-26(18)32-29(34)22(16-31)12-19-13-25(30)28(27(14-19)37-2)38-17-21-8-5-7-20-6-3-4-9-24(20)21/h3-15H,17H2,1-2H3,(H,32,34)/b22-12+. The lowest BCUT2D eigenvalue weighted by Crippen LogP contribution is -2.14. The van der Waals surface area contributed by atoms with Gasteiger partial charge in [-0.1, -0.05) is 48.5 Å². The number of amides is 1. The SMILES string of the molecule is COc1cc(/C=C(\C#N)C(=O)Nc2cc([N+](=O)[O-])ccc2C)cc(I)c1OCc1cccc2ccccc12. The molecule has 0 aliphatic rings. The number of nitrogens with zero attached hydrogens (tertiary/aromatic N) is 2. The Morgan fingerprint density at radius 3 is 2.63 bits per heavy atom. The van der Waals surface area contributed by atoms with Crippen molar-refractivity contribution < 1.29 is 19.2 Å². The molecule has 0 atom stereocenters. The van der Waals surface area contributed by atoms with Crippen LogP contribution in [0.25, 0.3) is 16.8 Å². The van der Waals surface area contributed by atoms with Gasteiger partial charge in [-0.2, -0.15) is 5.26 Å². The number of benzene rings is 4. The fourth-order valence-corrected chi connectivity index (χ4v) is 4.68. The Morgan fingerprint density at radius 2 is 1.89 bits per heavy atom. The van der Waals surface area contributed by atoms with Gasteiger partial charge >= 0.3 is 0 Å². The first-order valence-electron chi connectivity index (χ1n) is 11.5. The summed E-state index contributed by atoms with van der Waals surface area (Å²) in [5.74, 6) is 0.324. The topological polar surface area (TPSA) is 114 Å². The molecule has 190 valence electrons. The molecule has 0 aliphatic carbocycles. The Morgan fingerprint density at radius 1 is 1.13 bits per heavy atom. The fraction of sp³-hybridized carbons (Fsp3) is 0.103. The molecule has 0 saturated carbocycles. The first kappa shape index (κ1) is 26.6. The quantitative estimate of drug-likeness (QED) is 0.0764. The number of halogens is 1. The lowest BCUT2D eigenvalue weighted by molar-refractivity contribution is -0.384. The van der Waals surface area contributed by atoms with Crippen LogP contribution in [0.5, 0.6) is 11.5 Å². The van der Waals surface area contributed by atoms with E-state index in [0.29, 0.717) is 29.2 Å². The van der Waals surface area contributed by atoms with E-state index in [1.54, 1.807) is 19.1 Å². The average Bonchev–Trinajstić information content (AvgIpc) is 2.91. The maximum atomic E-state index is 12.8. The molecule has 4 aromatic rings. The Balaban J connectivity index is 1.58. The van der Waals surface area contributed by atoms with E-state index in [1.807, 2.05) is 48.5 Å². The number of nitro benzene ring substituents is 1. The van der Waals surface area contributed by atoms with Crippen molar-refractivity contribution in [3.05, 3.63) is 109 Å². The van der Waals surface area contributed by atoms with Gasteiger partial charge in [0, 0.05) is 12.1 Å². The summed E-state index contributed by atoms with van der Waals surface area (Å²) >= 11 is 2.12. The molecule has 0 fully saturated rings. The predicted octanol–water partition coefficient (Wildman–Crippen LogP) is 6.79. The third-order valence-electron chi connectivity index (χ3n) is 5.86. The van der Waals surface area contributed by atoms with Gasteiger partial charge in [-0.05, 0) is 75.2 Å². The molecule has 1 amide bonds. The molecular formula is C29H22IN3O5. The minimum atomic E-state index is -0.679. The van der Waals surface area contributed by atoms with E-state index in [1.165, 1.54) is 31.4 Å². The first-order valence-corrected chi connectivity index (χ1v) is 12.5. The third-order valence-corrected chi connectivity index (χ3v) is 6.66. The van der Waals surface area contributed by atoms with E-state index in [0.717, 1.165) is 19.9 Å². The summed E-state index contributed by atoms with van der Waals surface area (Å²) in [6, 6.07) is 23.6. The smallest absolute Gasteiger partial charge is 0.271 e. The number of nitro groups is 1. The third kappa shape index (κ3) is 5.92. The van der Waals surface area contributed by atoms with E-state index in [4.69, 9.17) is 9.47 Å². The zero-order chi connectivity index (χ0) is 27.2. The second-order valence-corrected chi connectivity index (χ2v) is 9.50. The summed E-state index contributed by atoms with van der Waals surface area (Å²) in [5.41, 5.74) is 2.15. The zero-order valence-electron chi connectivity index (χ0n) is 20.5. The van der Waals surface area contributed by atoms with Crippen LogP contribution in [0.2, 0.25) is 0 Å². The van der Waals surface area contributed by atoms with Crippen molar-refractivity contribution in [1.82, 2.24) is 0 Å². The maximum absolute atomic E-state index is 12.8. The second kappa shape index (κ2) is 11.7. The van der Waals surface area contributed by atoms with Crippen molar-refractivity contribution in [1.29, 1.82) is 5.26 Å². The van der Waals surface area contributed by atoms with Crippen molar-refractivity contribution in [3.63, 3.8) is 0 Å². The number of nitrogens with one attached hydrogen (secondary N) is 1. The molecule has 0 aliphatic heterocycles. The van der Waals surface area contributed by atoms with Gasteiger partial charge in [-0.3, -0.25) is 14.9 Å². The number of methoxy groups -OCH3 is 1. The van der Waals surface area contributed by atoms with Crippen LogP contribution in [0.3, 0.4) is 0 Å². The molecule has 0 bridgehead atoms. The van der Waals surface area contributed by atoms with Crippen molar-refractivity contribution in [2.75, 3.05) is 12.4 Å². The normalized spacial score (nSPS) is 11.1. The molecule has 0 unspecified atom stereocenters. The van der Waals surface area contributed by atoms with Crippen molar-refractivity contribution in [3.8, 4) is 17.6 Å². The number of non-ortho nitro benzene ring substituents is 1. The van der Waals surface area contributed by atoms with Crippen molar-refractivity contribution in [2.24, 2.45) is 0 Å². The summed E-state index contributed by atoms with van der Waals surface area (Å²) in [5, 5.41) is 25.6. The summed E-state index contributed by atoms with van der Waals surface area (Å²) in [4.78, 5) is 23.4. The van der Waals surface area contributed by atoms with Crippen LogP contribution >= 0.6 is 22.6 Å². The predicted molar refractivity (Wildman–Crippen MR) is 154 cm³/mol. The zero-order valence-corrected chi connectivity index (χ0v) is 22.7. The van der Waals surface area contributed by atoms with Gasteiger partial charge in [0.25, 0.3) is 11.6 Å². The van der Waals surface area contributed by atoms with Gasteiger partial charge in [-0.25, -0.2) is 0 Å². The van der Waals surface area contributed by atoms with Crippen LogP contribution in [-0.2, 0) is 11.4 Å². The van der Waals surface area contributed by atoms with Gasteiger partial charge in [0.05, 0.1) is 21.3 Å². The lowest BCUT2D eigenvalue weighted by atomic mass is 10.1. The van der Waals surface area contributed by atoms with Gasteiger partial charge in [0.15, 0.2) is 11.5 Å². The summed E-state index contributed by atoms with van der Waals surface area (Å²) in [7, 11) is 1.52. The molecule has 0 spiro atoms. The summed E-state index contributed by atoms with van der Waals surface area (Å²) < 4.78 is 12.5. The minimum absolute atomic E-state index is 0.160. The van der Waals surface area contributed by atoms with E-state index < -0.39 is 10.8 Å². The molecule has 38 heavy (non-hydrogen) atoms. The van der Waals surface area contributed by atoms with Crippen molar-refractivity contribution >= 4 is 56.7 Å². The molecule has 9 heteroatoms. The molecule has 0 radical (unpaired) electrons. The molecule has 4 aromatic carbocycles.